The number of thioether (sulfide) groups is 1. The average molecular weight is 363 g/mol. The Morgan fingerprint density at radius 2 is 2.04 bits per heavy atom. The van der Waals surface area contributed by atoms with Crippen molar-refractivity contribution in [2.75, 3.05) is 26.5 Å². The number of nitrogens with one attached hydrogen (secondary N) is 2. The fourth-order valence-corrected chi connectivity index (χ4v) is 3.21. The fourth-order valence-electron chi connectivity index (χ4n) is 2.49. The van der Waals surface area contributed by atoms with Gasteiger partial charge in [0.15, 0.2) is 11.5 Å². The van der Waals surface area contributed by atoms with Crippen LogP contribution in [0.15, 0.2) is 16.9 Å². The van der Waals surface area contributed by atoms with E-state index in [4.69, 9.17) is 9.47 Å². The lowest BCUT2D eigenvalue weighted by atomic mass is 10.2. The van der Waals surface area contributed by atoms with Gasteiger partial charge >= 0.3 is 0 Å². The SMILES string of the molecule is COc1cc2nc(CSCCNC(=O)C3CC3)[nH]c(=O)c2cc1OC. The Balaban J connectivity index is 1.63. The van der Waals surface area contributed by atoms with E-state index in [2.05, 4.69) is 15.3 Å². The van der Waals surface area contributed by atoms with Gasteiger partial charge in [-0.1, -0.05) is 0 Å². The summed E-state index contributed by atoms with van der Waals surface area (Å²) < 4.78 is 10.5. The molecule has 0 unspecified atom stereocenters. The predicted molar refractivity (Wildman–Crippen MR) is 97.4 cm³/mol. The zero-order valence-corrected chi connectivity index (χ0v) is 15.1. The Labute approximate surface area is 149 Å². The van der Waals surface area contributed by atoms with Crippen LogP contribution in [0.4, 0.5) is 0 Å². The van der Waals surface area contributed by atoms with Gasteiger partial charge in [-0.25, -0.2) is 4.98 Å². The molecule has 8 heteroatoms. The van der Waals surface area contributed by atoms with E-state index in [9.17, 15) is 9.59 Å². The van der Waals surface area contributed by atoms with Gasteiger partial charge in [-0.15, -0.1) is 0 Å². The van der Waals surface area contributed by atoms with Crippen molar-refractivity contribution in [3.8, 4) is 11.5 Å². The quantitative estimate of drug-likeness (QED) is 0.694. The third-order valence-electron chi connectivity index (χ3n) is 3.99. The van der Waals surface area contributed by atoms with Crippen molar-refractivity contribution in [2.24, 2.45) is 5.92 Å². The maximum Gasteiger partial charge on any atom is 0.258 e. The first-order valence-electron chi connectivity index (χ1n) is 8.12. The highest BCUT2D eigenvalue weighted by Crippen LogP contribution is 2.30. The van der Waals surface area contributed by atoms with Crippen LogP contribution in [0.1, 0.15) is 18.7 Å². The summed E-state index contributed by atoms with van der Waals surface area (Å²) in [4.78, 5) is 31.1. The van der Waals surface area contributed by atoms with E-state index in [1.54, 1.807) is 31.0 Å². The minimum Gasteiger partial charge on any atom is -0.493 e. The van der Waals surface area contributed by atoms with Crippen LogP contribution in [0, 0.1) is 5.92 Å². The molecule has 2 N–H and O–H groups in total. The van der Waals surface area contributed by atoms with E-state index < -0.39 is 0 Å². The maximum atomic E-state index is 12.3. The van der Waals surface area contributed by atoms with Crippen LogP contribution < -0.4 is 20.3 Å². The van der Waals surface area contributed by atoms with Gasteiger partial charge in [-0.3, -0.25) is 9.59 Å². The zero-order valence-electron chi connectivity index (χ0n) is 14.3. The summed E-state index contributed by atoms with van der Waals surface area (Å²) in [6.07, 6.45) is 2.02. The molecule has 1 fully saturated rings. The third-order valence-corrected chi connectivity index (χ3v) is 4.96. The van der Waals surface area contributed by atoms with Crippen molar-refractivity contribution in [3.05, 3.63) is 28.3 Å². The topological polar surface area (TPSA) is 93.3 Å². The molecule has 7 nitrogen and oxygen atoms in total. The van der Waals surface area contributed by atoms with Crippen LogP contribution in [0.2, 0.25) is 0 Å². The molecule has 1 aliphatic rings. The Morgan fingerprint density at radius 3 is 2.72 bits per heavy atom. The number of aromatic amines is 1. The molecule has 1 aromatic heterocycles. The smallest absolute Gasteiger partial charge is 0.258 e. The van der Waals surface area contributed by atoms with Crippen molar-refractivity contribution < 1.29 is 14.3 Å². The van der Waals surface area contributed by atoms with Gasteiger partial charge in [0.1, 0.15) is 5.82 Å². The number of amides is 1. The number of hydrogen-bond donors (Lipinski definition) is 2. The number of hydrogen-bond acceptors (Lipinski definition) is 6. The van der Waals surface area contributed by atoms with Gasteiger partial charge in [0, 0.05) is 24.3 Å². The molecule has 25 heavy (non-hydrogen) atoms. The second-order valence-electron chi connectivity index (χ2n) is 5.85. The number of ether oxygens (including phenoxy) is 2. The van der Waals surface area contributed by atoms with Gasteiger partial charge in [0.2, 0.25) is 5.91 Å². The van der Waals surface area contributed by atoms with Crippen molar-refractivity contribution >= 4 is 28.6 Å². The molecule has 1 amide bonds. The van der Waals surface area contributed by atoms with Gasteiger partial charge in [-0.05, 0) is 18.9 Å². The van der Waals surface area contributed by atoms with Crippen LogP contribution >= 0.6 is 11.8 Å². The third kappa shape index (κ3) is 4.25. The summed E-state index contributed by atoms with van der Waals surface area (Å²) in [5, 5.41) is 3.38. The molecule has 0 bridgehead atoms. The minimum atomic E-state index is -0.205. The van der Waals surface area contributed by atoms with Crippen LogP contribution in [-0.4, -0.2) is 42.4 Å². The zero-order chi connectivity index (χ0) is 17.8. The lowest BCUT2D eigenvalue weighted by molar-refractivity contribution is -0.122. The number of fused-ring (bicyclic) bond motifs is 1. The number of H-pyrrole nitrogens is 1. The Hall–Kier alpha value is -2.22. The molecule has 134 valence electrons. The standard InChI is InChI=1S/C17H21N3O4S/c1-23-13-7-11-12(8-14(13)24-2)19-15(20-17(11)22)9-25-6-5-18-16(21)10-3-4-10/h7-8,10H,3-6,9H2,1-2H3,(H,18,21)(H,19,20,22). The lowest BCUT2D eigenvalue weighted by Crippen LogP contribution is -2.27. The molecular formula is C17H21N3O4S. The molecule has 3 rings (SSSR count). The Morgan fingerprint density at radius 1 is 1.32 bits per heavy atom. The summed E-state index contributed by atoms with van der Waals surface area (Å²) in [5.41, 5.74) is 0.364. The van der Waals surface area contributed by atoms with E-state index in [0.717, 1.165) is 18.6 Å². The first-order chi connectivity index (χ1) is 12.1. The predicted octanol–water partition coefficient (Wildman–Crippen LogP) is 1.70. The highest BCUT2D eigenvalue weighted by molar-refractivity contribution is 7.98. The van der Waals surface area contributed by atoms with Gasteiger partial charge in [0.25, 0.3) is 5.56 Å². The first-order valence-corrected chi connectivity index (χ1v) is 9.28. The molecule has 0 saturated heterocycles. The van der Waals surface area contributed by atoms with E-state index in [0.29, 0.717) is 40.5 Å². The molecule has 1 aromatic carbocycles. The van der Waals surface area contributed by atoms with Gasteiger partial charge in [-0.2, -0.15) is 11.8 Å². The second-order valence-corrected chi connectivity index (χ2v) is 6.96. The van der Waals surface area contributed by atoms with E-state index >= 15 is 0 Å². The molecule has 0 spiro atoms. The number of carbonyl (C=O) groups excluding carboxylic acids is 1. The number of aromatic nitrogens is 2. The lowest BCUT2D eigenvalue weighted by Gasteiger charge is -2.09. The summed E-state index contributed by atoms with van der Waals surface area (Å²) in [6, 6.07) is 3.33. The molecule has 0 atom stereocenters. The highest BCUT2D eigenvalue weighted by Gasteiger charge is 2.28. The van der Waals surface area contributed by atoms with Crippen LogP contribution in [-0.2, 0) is 10.5 Å². The van der Waals surface area contributed by atoms with Crippen LogP contribution in [0.5, 0.6) is 11.5 Å². The molecule has 0 radical (unpaired) electrons. The normalized spacial score (nSPS) is 13.7. The molecular weight excluding hydrogens is 342 g/mol. The largest absolute Gasteiger partial charge is 0.493 e. The number of rotatable bonds is 8. The van der Waals surface area contributed by atoms with Gasteiger partial charge in [0.05, 0.1) is 30.9 Å². The first kappa shape index (κ1) is 17.6. The van der Waals surface area contributed by atoms with Crippen molar-refractivity contribution in [3.63, 3.8) is 0 Å². The average Bonchev–Trinajstić information content (AvgIpc) is 3.45. The maximum absolute atomic E-state index is 12.3. The molecule has 1 aliphatic carbocycles. The van der Waals surface area contributed by atoms with Crippen molar-refractivity contribution in [1.29, 1.82) is 0 Å². The number of nitrogens with zero attached hydrogens (tertiary/aromatic N) is 1. The summed E-state index contributed by atoms with van der Waals surface area (Å²) in [5.74, 6) is 3.35. The monoisotopic (exact) mass is 363 g/mol. The van der Waals surface area contributed by atoms with Crippen molar-refractivity contribution in [1.82, 2.24) is 15.3 Å². The summed E-state index contributed by atoms with van der Waals surface area (Å²) >= 11 is 1.61. The minimum absolute atomic E-state index is 0.152. The van der Waals surface area contributed by atoms with E-state index in [1.165, 1.54) is 7.11 Å². The molecule has 1 saturated carbocycles. The van der Waals surface area contributed by atoms with Crippen LogP contribution in [0.3, 0.4) is 0 Å². The number of carbonyl (C=O) groups is 1. The summed E-state index contributed by atoms with van der Waals surface area (Å²) in [7, 11) is 3.07. The van der Waals surface area contributed by atoms with Gasteiger partial charge < -0.3 is 19.8 Å². The molecule has 1 heterocycles. The fraction of sp³-hybridized carbons (Fsp3) is 0.471. The van der Waals surface area contributed by atoms with E-state index in [1.807, 2.05) is 0 Å². The highest BCUT2D eigenvalue weighted by atomic mass is 32.2. The number of benzene rings is 1. The van der Waals surface area contributed by atoms with E-state index in [-0.39, 0.29) is 17.4 Å². The second kappa shape index (κ2) is 7.77. The summed E-state index contributed by atoms with van der Waals surface area (Å²) in [6.45, 7) is 0.628. The molecule has 0 aliphatic heterocycles. The Kier molecular flexibility index (Phi) is 5.47. The Bertz CT molecular complexity index is 832. The number of methoxy groups -OCH3 is 2. The van der Waals surface area contributed by atoms with Crippen molar-refractivity contribution in [2.45, 2.75) is 18.6 Å². The van der Waals surface area contributed by atoms with Crippen LogP contribution in [0.25, 0.3) is 10.9 Å². The molecule has 2 aromatic rings.